The van der Waals surface area contributed by atoms with Crippen LogP contribution in [0.2, 0.25) is 0 Å². The van der Waals surface area contributed by atoms with Gasteiger partial charge in [-0.05, 0) is 27.2 Å². The lowest BCUT2D eigenvalue weighted by Gasteiger charge is -2.27. The highest BCUT2D eigenvalue weighted by Crippen LogP contribution is 2.23. The first-order valence-electron chi connectivity index (χ1n) is 5.09. The fourth-order valence-corrected chi connectivity index (χ4v) is 1.58. The molecule has 88 valence electrons. The summed E-state index contributed by atoms with van der Waals surface area (Å²) in [6.07, 6.45) is -1.44. The molecule has 5 heteroatoms. The minimum atomic E-state index is -1.15. The van der Waals surface area contributed by atoms with E-state index in [9.17, 15) is 9.18 Å². The summed E-state index contributed by atoms with van der Waals surface area (Å²) in [5.74, 6) is 0. The molecule has 1 N–H and O–H groups in total. The van der Waals surface area contributed by atoms with Crippen molar-refractivity contribution in [2.45, 2.75) is 45.0 Å². The fourth-order valence-electron chi connectivity index (χ4n) is 1.58. The second-order valence-corrected chi connectivity index (χ2v) is 4.73. The van der Waals surface area contributed by atoms with Crippen LogP contribution in [0.5, 0.6) is 0 Å². The molecule has 1 saturated heterocycles. The van der Waals surface area contributed by atoms with Crippen molar-refractivity contribution in [2.75, 3.05) is 13.2 Å². The van der Waals surface area contributed by atoms with E-state index < -0.39 is 23.9 Å². The summed E-state index contributed by atoms with van der Waals surface area (Å²) < 4.78 is 18.3. The van der Waals surface area contributed by atoms with Crippen LogP contribution in [-0.2, 0) is 4.74 Å². The molecule has 15 heavy (non-hydrogen) atoms. The number of aliphatic hydroxyl groups is 1. The number of alkyl halides is 1. The van der Waals surface area contributed by atoms with E-state index in [0.717, 1.165) is 0 Å². The molecule has 1 amide bonds. The van der Waals surface area contributed by atoms with Crippen LogP contribution in [0.1, 0.15) is 27.2 Å². The quantitative estimate of drug-likeness (QED) is 0.723. The Bertz CT molecular complexity index is 239. The maximum absolute atomic E-state index is 13.2. The number of carbonyl (C=O) groups is 1. The number of aliphatic hydroxyl groups excluding tert-OH is 1. The van der Waals surface area contributed by atoms with E-state index in [-0.39, 0.29) is 13.0 Å². The fraction of sp³-hybridized carbons (Fsp3) is 0.900. The van der Waals surface area contributed by atoms with Crippen molar-refractivity contribution in [1.82, 2.24) is 4.90 Å². The number of ether oxygens (including phenoxy) is 1. The molecule has 1 heterocycles. The van der Waals surface area contributed by atoms with Crippen molar-refractivity contribution in [1.29, 1.82) is 0 Å². The first kappa shape index (κ1) is 12.2. The molecule has 1 aliphatic heterocycles. The Balaban J connectivity index is 2.60. The summed E-state index contributed by atoms with van der Waals surface area (Å²) in [6, 6.07) is -0.750. The van der Waals surface area contributed by atoms with Crippen molar-refractivity contribution >= 4 is 6.09 Å². The summed E-state index contributed by atoms with van der Waals surface area (Å²) in [5.41, 5.74) is -0.592. The van der Waals surface area contributed by atoms with Gasteiger partial charge in [-0.2, -0.15) is 0 Å². The third-order valence-electron chi connectivity index (χ3n) is 2.28. The van der Waals surface area contributed by atoms with Crippen molar-refractivity contribution in [3.8, 4) is 0 Å². The van der Waals surface area contributed by atoms with Crippen LogP contribution in [0.3, 0.4) is 0 Å². The van der Waals surface area contributed by atoms with Gasteiger partial charge in [-0.3, -0.25) is 4.90 Å². The number of nitrogens with zero attached hydrogens (tertiary/aromatic N) is 1. The first-order chi connectivity index (χ1) is 6.85. The molecule has 1 aliphatic rings. The normalized spacial score (nSPS) is 26.9. The average molecular weight is 219 g/mol. The van der Waals surface area contributed by atoms with Gasteiger partial charge in [0.15, 0.2) is 0 Å². The lowest BCUT2D eigenvalue weighted by Crippen LogP contribution is -2.43. The predicted molar refractivity (Wildman–Crippen MR) is 53.3 cm³/mol. The third kappa shape index (κ3) is 3.06. The Morgan fingerprint density at radius 1 is 1.60 bits per heavy atom. The molecule has 0 aliphatic carbocycles. The molecule has 0 spiro atoms. The molecule has 0 saturated carbocycles. The molecule has 0 aromatic heterocycles. The molecule has 0 unspecified atom stereocenters. The highest BCUT2D eigenvalue weighted by Gasteiger charge is 2.38. The Hall–Kier alpha value is -0.840. The average Bonchev–Trinajstić information content (AvgIpc) is 2.43. The number of halogens is 1. The second kappa shape index (κ2) is 4.35. The van der Waals surface area contributed by atoms with Gasteiger partial charge in [-0.25, -0.2) is 9.18 Å². The van der Waals surface area contributed by atoms with Gasteiger partial charge >= 0.3 is 6.09 Å². The van der Waals surface area contributed by atoms with Crippen LogP contribution >= 0.6 is 0 Å². The number of rotatable bonds is 1. The minimum Gasteiger partial charge on any atom is -0.444 e. The molecular weight excluding hydrogens is 201 g/mol. The molecule has 4 nitrogen and oxygen atoms in total. The van der Waals surface area contributed by atoms with Gasteiger partial charge in [0.2, 0.25) is 0 Å². The zero-order chi connectivity index (χ0) is 11.6. The van der Waals surface area contributed by atoms with Crippen LogP contribution in [0.15, 0.2) is 0 Å². The highest BCUT2D eigenvalue weighted by molar-refractivity contribution is 5.69. The molecule has 0 bridgehead atoms. The molecular formula is C10H18FNO3. The van der Waals surface area contributed by atoms with E-state index >= 15 is 0 Å². The maximum Gasteiger partial charge on any atom is 0.410 e. The highest BCUT2D eigenvalue weighted by atomic mass is 19.1. The van der Waals surface area contributed by atoms with Crippen molar-refractivity contribution in [3.63, 3.8) is 0 Å². The van der Waals surface area contributed by atoms with Gasteiger partial charge < -0.3 is 9.84 Å². The van der Waals surface area contributed by atoms with Crippen LogP contribution in [-0.4, -0.2) is 47.1 Å². The summed E-state index contributed by atoms with van der Waals surface area (Å²) in [6.45, 7) is 5.20. The monoisotopic (exact) mass is 219 g/mol. The van der Waals surface area contributed by atoms with E-state index in [2.05, 4.69) is 0 Å². The molecule has 2 atom stereocenters. The third-order valence-corrected chi connectivity index (χ3v) is 2.28. The summed E-state index contributed by atoms with van der Waals surface area (Å²) >= 11 is 0. The standard InChI is InChI=1S/C10H18FNO3/c1-10(2,3)15-9(14)12-5-4-7(11)8(12)6-13/h7-8,13H,4-6H2,1-3H3/t7-,8-/m0/s1. The number of likely N-dealkylation sites (tertiary alicyclic amines) is 1. The zero-order valence-corrected chi connectivity index (χ0v) is 9.36. The lowest BCUT2D eigenvalue weighted by atomic mass is 10.2. The predicted octanol–water partition coefficient (Wildman–Crippen LogP) is 1.33. The molecule has 1 rings (SSSR count). The largest absolute Gasteiger partial charge is 0.444 e. The van der Waals surface area contributed by atoms with E-state index in [0.29, 0.717) is 6.54 Å². The maximum atomic E-state index is 13.2. The van der Waals surface area contributed by atoms with Crippen LogP contribution in [0.25, 0.3) is 0 Å². The number of hydrogen-bond acceptors (Lipinski definition) is 3. The van der Waals surface area contributed by atoms with E-state index in [1.807, 2.05) is 0 Å². The SMILES string of the molecule is CC(C)(C)OC(=O)N1CC[C@H](F)[C@@H]1CO. The number of amides is 1. The van der Waals surface area contributed by atoms with Gasteiger partial charge in [-0.15, -0.1) is 0 Å². The van der Waals surface area contributed by atoms with Crippen LogP contribution in [0.4, 0.5) is 9.18 Å². The minimum absolute atomic E-state index is 0.268. The van der Waals surface area contributed by atoms with E-state index in [1.54, 1.807) is 20.8 Å². The molecule has 0 radical (unpaired) electrons. The topological polar surface area (TPSA) is 49.8 Å². The van der Waals surface area contributed by atoms with Crippen LogP contribution < -0.4 is 0 Å². The van der Waals surface area contributed by atoms with Gasteiger partial charge in [0.1, 0.15) is 11.8 Å². The Morgan fingerprint density at radius 3 is 2.67 bits per heavy atom. The Labute approximate surface area is 89.0 Å². The molecule has 0 aromatic carbocycles. The summed E-state index contributed by atoms with van der Waals surface area (Å²) in [5, 5.41) is 8.96. The molecule has 0 aromatic rings. The van der Waals surface area contributed by atoms with E-state index in [1.165, 1.54) is 4.90 Å². The number of carbonyl (C=O) groups excluding carboxylic acids is 1. The van der Waals surface area contributed by atoms with Gasteiger partial charge in [0.25, 0.3) is 0 Å². The number of hydrogen-bond donors (Lipinski definition) is 1. The van der Waals surface area contributed by atoms with Crippen molar-refractivity contribution in [3.05, 3.63) is 0 Å². The lowest BCUT2D eigenvalue weighted by molar-refractivity contribution is 0.0129. The van der Waals surface area contributed by atoms with Crippen molar-refractivity contribution < 1.29 is 19.0 Å². The summed E-state index contributed by atoms with van der Waals surface area (Å²) in [7, 11) is 0. The van der Waals surface area contributed by atoms with Crippen LogP contribution in [0, 0.1) is 0 Å². The van der Waals surface area contributed by atoms with Crippen molar-refractivity contribution in [2.24, 2.45) is 0 Å². The smallest absolute Gasteiger partial charge is 0.410 e. The van der Waals surface area contributed by atoms with E-state index in [4.69, 9.17) is 9.84 Å². The second-order valence-electron chi connectivity index (χ2n) is 4.73. The van der Waals surface area contributed by atoms with Gasteiger partial charge in [0.05, 0.1) is 12.6 Å². The van der Waals surface area contributed by atoms with Gasteiger partial charge in [0, 0.05) is 6.54 Å². The first-order valence-corrected chi connectivity index (χ1v) is 5.09. The summed E-state index contributed by atoms with van der Waals surface area (Å²) in [4.78, 5) is 12.9. The van der Waals surface area contributed by atoms with Gasteiger partial charge in [-0.1, -0.05) is 0 Å². The molecule has 1 fully saturated rings. The Kier molecular flexibility index (Phi) is 3.54. The zero-order valence-electron chi connectivity index (χ0n) is 9.36. The Morgan fingerprint density at radius 2 is 2.20 bits per heavy atom.